The second kappa shape index (κ2) is 8.04. The number of para-hydroxylation sites is 2. The third-order valence-electron chi connectivity index (χ3n) is 2.49. The van der Waals surface area contributed by atoms with Crippen LogP contribution in [-0.4, -0.2) is 36.2 Å². The van der Waals surface area contributed by atoms with E-state index in [1.165, 1.54) is 6.92 Å². The van der Waals surface area contributed by atoms with E-state index in [9.17, 15) is 9.59 Å². The third kappa shape index (κ3) is 5.17. The second-order valence-corrected chi connectivity index (χ2v) is 4.11. The number of carboxylic acids is 1. The van der Waals surface area contributed by atoms with Crippen LogP contribution in [0.3, 0.4) is 0 Å². The van der Waals surface area contributed by atoms with Crippen molar-refractivity contribution in [3.63, 3.8) is 0 Å². The summed E-state index contributed by atoms with van der Waals surface area (Å²) in [5.41, 5.74) is 0. The molecule has 1 unspecified atom stereocenters. The van der Waals surface area contributed by atoms with Crippen molar-refractivity contribution in [2.24, 2.45) is 0 Å². The van der Waals surface area contributed by atoms with Gasteiger partial charge in [-0.15, -0.1) is 0 Å². The highest BCUT2D eigenvalue weighted by Gasteiger charge is 2.18. The van der Waals surface area contributed by atoms with Gasteiger partial charge in [0.25, 0.3) is 0 Å². The van der Waals surface area contributed by atoms with Gasteiger partial charge in [0.2, 0.25) is 5.91 Å². The standard InChI is InChI=1S/C14H19NO5/c1-3-19-12-6-4-5-7-13(12)20-9-8-11(14(17)18)15-10(2)16/h4-7,11H,3,8-9H2,1-2H3,(H,15,16)(H,17,18). The Bertz CT molecular complexity index is 461. The van der Waals surface area contributed by atoms with Crippen LogP contribution in [-0.2, 0) is 9.59 Å². The van der Waals surface area contributed by atoms with Gasteiger partial charge in [-0.1, -0.05) is 12.1 Å². The molecule has 110 valence electrons. The van der Waals surface area contributed by atoms with Crippen molar-refractivity contribution in [3.8, 4) is 11.5 Å². The zero-order chi connectivity index (χ0) is 15.0. The van der Waals surface area contributed by atoms with Gasteiger partial charge >= 0.3 is 5.97 Å². The zero-order valence-corrected chi connectivity index (χ0v) is 11.6. The molecule has 1 amide bonds. The zero-order valence-electron chi connectivity index (χ0n) is 11.6. The van der Waals surface area contributed by atoms with E-state index < -0.39 is 12.0 Å². The van der Waals surface area contributed by atoms with Crippen molar-refractivity contribution >= 4 is 11.9 Å². The maximum Gasteiger partial charge on any atom is 0.326 e. The number of nitrogens with one attached hydrogen (secondary N) is 1. The number of hydrogen-bond acceptors (Lipinski definition) is 4. The van der Waals surface area contributed by atoms with Crippen LogP contribution in [0.2, 0.25) is 0 Å². The lowest BCUT2D eigenvalue weighted by Crippen LogP contribution is -2.40. The fourth-order valence-corrected chi connectivity index (χ4v) is 1.63. The van der Waals surface area contributed by atoms with Gasteiger partial charge in [0.05, 0.1) is 13.2 Å². The molecule has 2 N–H and O–H groups in total. The van der Waals surface area contributed by atoms with Gasteiger partial charge in [0.1, 0.15) is 6.04 Å². The SMILES string of the molecule is CCOc1ccccc1OCCC(NC(C)=O)C(=O)O. The van der Waals surface area contributed by atoms with E-state index >= 15 is 0 Å². The normalized spacial score (nSPS) is 11.5. The van der Waals surface area contributed by atoms with E-state index in [4.69, 9.17) is 14.6 Å². The van der Waals surface area contributed by atoms with Crippen LogP contribution in [0, 0.1) is 0 Å². The molecular formula is C14H19NO5. The topological polar surface area (TPSA) is 84.9 Å². The molecular weight excluding hydrogens is 262 g/mol. The fraction of sp³-hybridized carbons (Fsp3) is 0.429. The first-order valence-electron chi connectivity index (χ1n) is 6.39. The predicted molar refractivity (Wildman–Crippen MR) is 73.0 cm³/mol. The van der Waals surface area contributed by atoms with Crippen molar-refractivity contribution < 1.29 is 24.2 Å². The summed E-state index contributed by atoms with van der Waals surface area (Å²) in [6.45, 7) is 3.83. The Labute approximate surface area is 117 Å². The molecule has 0 radical (unpaired) electrons. The predicted octanol–water partition coefficient (Wildman–Crippen LogP) is 1.44. The Balaban J connectivity index is 2.54. The Morgan fingerprint density at radius 3 is 2.35 bits per heavy atom. The van der Waals surface area contributed by atoms with Crippen LogP contribution in [0.25, 0.3) is 0 Å². The second-order valence-electron chi connectivity index (χ2n) is 4.11. The van der Waals surface area contributed by atoms with Crippen LogP contribution >= 0.6 is 0 Å². The average molecular weight is 281 g/mol. The number of carboxylic acid groups (broad SMARTS) is 1. The van der Waals surface area contributed by atoms with Crippen molar-refractivity contribution in [3.05, 3.63) is 24.3 Å². The first-order valence-corrected chi connectivity index (χ1v) is 6.39. The number of amides is 1. The molecule has 6 nitrogen and oxygen atoms in total. The molecule has 0 saturated carbocycles. The molecule has 1 aromatic rings. The molecule has 0 spiro atoms. The molecule has 0 aliphatic heterocycles. The van der Waals surface area contributed by atoms with E-state index in [1.54, 1.807) is 18.2 Å². The number of benzene rings is 1. The molecule has 0 heterocycles. The molecule has 6 heteroatoms. The lowest BCUT2D eigenvalue weighted by Gasteiger charge is -2.15. The summed E-state index contributed by atoms with van der Waals surface area (Å²) in [5, 5.41) is 11.3. The molecule has 1 aromatic carbocycles. The summed E-state index contributed by atoms with van der Waals surface area (Å²) < 4.78 is 10.9. The highest BCUT2D eigenvalue weighted by Crippen LogP contribution is 2.26. The van der Waals surface area contributed by atoms with Gasteiger partial charge in [0, 0.05) is 13.3 Å². The smallest absolute Gasteiger partial charge is 0.326 e. The van der Waals surface area contributed by atoms with E-state index in [0.717, 1.165) is 0 Å². The number of rotatable bonds is 8. The molecule has 20 heavy (non-hydrogen) atoms. The maximum absolute atomic E-state index is 11.0. The minimum absolute atomic E-state index is 0.168. The summed E-state index contributed by atoms with van der Waals surface area (Å²) in [6.07, 6.45) is 0.176. The number of carbonyl (C=O) groups is 2. The van der Waals surface area contributed by atoms with E-state index in [1.807, 2.05) is 13.0 Å². The summed E-state index contributed by atoms with van der Waals surface area (Å²) in [6, 6.07) is 6.21. The molecule has 0 saturated heterocycles. The Morgan fingerprint density at radius 2 is 1.85 bits per heavy atom. The Kier molecular flexibility index (Phi) is 6.36. The molecule has 0 aliphatic carbocycles. The minimum atomic E-state index is -1.08. The molecule has 1 atom stereocenters. The van der Waals surface area contributed by atoms with Crippen LogP contribution in [0.5, 0.6) is 11.5 Å². The average Bonchev–Trinajstić information content (AvgIpc) is 2.39. The van der Waals surface area contributed by atoms with Gasteiger partial charge in [-0.05, 0) is 19.1 Å². The highest BCUT2D eigenvalue weighted by molar-refractivity contribution is 5.81. The third-order valence-corrected chi connectivity index (χ3v) is 2.49. The number of hydrogen-bond donors (Lipinski definition) is 2. The van der Waals surface area contributed by atoms with E-state index in [0.29, 0.717) is 18.1 Å². The lowest BCUT2D eigenvalue weighted by molar-refractivity contribution is -0.141. The van der Waals surface area contributed by atoms with Crippen LogP contribution in [0.1, 0.15) is 20.3 Å². The summed E-state index contributed by atoms with van der Waals surface area (Å²) in [7, 11) is 0. The van der Waals surface area contributed by atoms with Gasteiger partial charge in [-0.3, -0.25) is 4.79 Å². The van der Waals surface area contributed by atoms with Crippen molar-refractivity contribution in [1.29, 1.82) is 0 Å². The summed E-state index contributed by atoms with van der Waals surface area (Å²) >= 11 is 0. The highest BCUT2D eigenvalue weighted by atomic mass is 16.5. The Morgan fingerprint density at radius 1 is 1.25 bits per heavy atom. The molecule has 0 bridgehead atoms. The van der Waals surface area contributed by atoms with Gasteiger partial charge in [-0.25, -0.2) is 4.79 Å². The number of aliphatic carboxylic acids is 1. The summed E-state index contributed by atoms with van der Waals surface area (Å²) in [4.78, 5) is 21.8. The lowest BCUT2D eigenvalue weighted by atomic mass is 10.2. The van der Waals surface area contributed by atoms with Gasteiger partial charge < -0.3 is 19.9 Å². The largest absolute Gasteiger partial charge is 0.490 e. The first-order chi connectivity index (χ1) is 9.54. The van der Waals surface area contributed by atoms with Crippen molar-refractivity contribution in [2.45, 2.75) is 26.3 Å². The number of ether oxygens (including phenoxy) is 2. The quantitative estimate of drug-likeness (QED) is 0.753. The number of carbonyl (C=O) groups excluding carboxylic acids is 1. The monoisotopic (exact) mass is 281 g/mol. The van der Waals surface area contributed by atoms with Crippen molar-refractivity contribution in [2.75, 3.05) is 13.2 Å². The van der Waals surface area contributed by atoms with Crippen LogP contribution in [0.15, 0.2) is 24.3 Å². The van der Waals surface area contributed by atoms with Gasteiger partial charge in [0.15, 0.2) is 11.5 Å². The fourth-order valence-electron chi connectivity index (χ4n) is 1.63. The molecule has 1 rings (SSSR count). The molecule has 0 aromatic heterocycles. The maximum atomic E-state index is 11.0. The van der Waals surface area contributed by atoms with Crippen molar-refractivity contribution in [1.82, 2.24) is 5.32 Å². The molecule has 0 fully saturated rings. The van der Waals surface area contributed by atoms with Crippen LogP contribution in [0.4, 0.5) is 0 Å². The van der Waals surface area contributed by atoms with E-state index in [-0.39, 0.29) is 18.9 Å². The summed E-state index contributed by atoms with van der Waals surface area (Å²) in [5.74, 6) is -0.295. The molecule has 0 aliphatic rings. The van der Waals surface area contributed by atoms with Gasteiger partial charge in [-0.2, -0.15) is 0 Å². The minimum Gasteiger partial charge on any atom is -0.490 e. The van der Waals surface area contributed by atoms with E-state index in [2.05, 4.69) is 5.32 Å². The first kappa shape index (κ1) is 15.8. The van der Waals surface area contributed by atoms with Crippen LogP contribution < -0.4 is 14.8 Å². The Hall–Kier alpha value is -2.24.